The molecule has 0 saturated carbocycles. The monoisotopic (exact) mass is 473 g/mol. The van der Waals surface area contributed by atoms with Gasteiger partial charge in [0.1, 0.15) is 18.0 Å². The Bertz CT molecular complexity index is 949. The lowest BCUT2D eigenvalue weighted by Gasteiger charge is -2.37. The van der Waals surface area contributed by atoms with Gasteiger partial charge in [0.05, 0.1) is 30.9 Å². The zero-order valence-corrected chi connectivity index (χ0v) is 20.2. The number of nitrogens with one attached hydrogen (secondary N) is 1. The number of carbonyl (C=O) groups is 3. The van der Waals surface area contributed by atoms with E-state index < -0.39 is 5.97 Å². The molecule has 2 aromatic rings. The van der Waals surface area contributed by atoms with Crippen molar-refractivity contribution < 1.29 is 28.3 Å². The SMILES string of the molecule is CCOC(=O)c1scc(C)c1NC(=O)C[N+]1(CCOC(=O)c2ccccc2)CCCCCC1. The lowest BCUT2D eigenvalue weighted by Crippen LogP contribution is -2.54. The molecule has 1 saturated heterocycles. The molecule has 178 valence electrons. The summed E-state index contributed by atoms with van der Waals surface area (Å²) in [5.41, 5.74) is 1.90. The van der Waals surface area contributed by atoms with Gasteiger partial charge in [-0.3, -0.25) is 4.79 Å². The lowest BCUT2D eigenvalue weighted by molar-refractivity contribution is -0.920. The third-order valence-corrected chi connectivity index (χ3v) is 7.08. The Hall–Kier alpha value is -2.71. The summed E-state index contributed by atoms with van der Waals surface area (Å²) >= 11 is 1.28. The number of benzene rings is 1. The summed E-state index contributed by atoms with van der Waals surface area (Å²) in [6, 6.07) is 8.93. The van der Waals surface area contributed by atoms with Crippen molar-refractivity contribution in [1.82, 2.24) is 0 Å². The summed E-state index contributed by atoms with van der Waals surface area (Å²) in [7, 11) is 0. The maximum Gasteiger partial charge on any atom is 0.350 e. The first-order valence-electron chi connectivity index (χ1n) is 11.6. The first-order valence-corrected chi connectivity index (χ1v) is 12.4. The molecule has 0 spiro atoms. The third-order valence-electron chi connectivity index (χ3n) is 6.00. The van der Waals surface area contributed by atoms with Crippen molar-refractivity contribution >= 4 is 34.9 Å². The molecule has 0 atom stereocenters. The van der Waals surface area contributed by atoms with E-state index in [2.05, 4.69) is 5.32 Å². The largest absolute Gasteiger partial charge is 0.462 e. The van der Waals surface area contributed by atoms with Gasteiger partial charge < -0.3 is 19.3 Å². The van der Waals surface area contributed by atoms with Crippen molar-refractivity contribution in [3.05, 3.63) is 51.7 Å². The number of esters is 2. The number of anilines is 1. The molecule has 33 heavy (non-hydrogen) atoms. The minimum atomic E-state index is -0.419. The van der Waals surface area contributed by atoms with Crippen LogP contribution in [-0.4, -0.2) is 61.7 Å². The zero-order chi connectivity index (χ0) is 23.7. The summed E-state index contributed by atoms with van der Waals surface area (Å²) in [6.07, 6.45) is 4.35. The van der Waals surface area contributed by atoms with E-state index in [1.165, 1.54) is 11.3 Å². The molecule has 1 N–H and O–H groups in total. The van der Waals surface area contributed by atoms with Crippen LogP contribution in [0.5, 0.6) is 0 Å². The van der Waals surface area contributed by atoms with E-state index in [1.807, 2.05) is 18.4 Å². The van der Waals surface area contributed by atoms with Gasteiger partial charge in [-0.05, 0) is 62.6 Å². The van der Waals surface area contributed by atoms with Gasteiger partial charge in [-0.15, -0.1) is 11.3 Å². The smallest absolute Gasteiger partial charge is 0.350 e. The molecule has 0 bridgehead atoms. The number of aryl methyl sites for hydroxylation is 1. The molecule has 1 fully saturated rings. The molecule has 1 aliphatic heterocycles. The van der Waals surface area contributed by atoms with Crippen LogP contribution in [0.3, 0.4) is 0 Å². The molecule has 7 nitrogen and oxygen atoms in total. The zero-order valence-electron chi connectivity index (χ0n) is 19.4. The van der Waals surface area contributed by atoms with Crippen LogP contribution in [-0.2, 0) is 14.3 Å². The minimum Gasteiger partial charge on any atom is -0.462 e. The molecule has 0 unspecified atom stereocenters. The second-order valence-electron chi connectivity index (χ2n) is 8.48. The van der Waals surface area contributed by atoms with Crippen molar-refractivity contribution in [2.45, 2.75) is 39.5 Å². The van der Waals surface area contributed by atoms with Crippen LogP contribution in [0, 0.1) is 6.92 Å². The molecule has 1 aromatic heterocycles. The fourth-order valence-electron chi connectivity index (χ4n) is 4.24. The summed E-state index contributed by atoms with van der Waals surface area (Å²) in [6.45, 7) is 6.76. The van der Waals surface area contributed by atoms with E-state index in [9.17, 15) is 14.4 Å². The molecule has 8 heteroatoms. The molecule has 0 radical (unpaired) electrons. The summed E-state index contributed by atoms with van der Waals surface area (Å²) < 4.78 is 11.2. The van der Waals surface area contributed by atoms with Gasteiger partial charge in [-0.25, -0.2) is 9.59 Å². The van der Waals surface area contributed by atoms with Crippen molar-refractivity contribution in [3.8, 4) is 0 Å². The number of carbonyl (C=O) groups excluding carboxylic acids is 3. The summed E-state index contributed by atoms with van der Waals surface area (Å²) in [4.78, 5) is 38.1. The number of thiophene rings is 1. The lowest BCUT2D eigenvalue weighted by atomic mass is 10.2. The van der Waals surface area contributed by atoms with E-state index in [4.69, 9.17) is 9.47 Å². The average Bonchev–Trinajstić information content (AvgIpc) is 3.01. The molecule has 0 aliphatic carbocycles. The highest BCUT2D eigenvalue weighted by atomic mass is 32.1. The second-order valence-corrected chi connectivity index (χ2v) is 9.36. The van der Waals surface area contributed by atoms with Gasteiger partial charge in [0, 0.05) is 0 Å². The van der Waals surface area contributed by atoms with Gasteiger partial charge in [0.15, 0.2) is 6.54 Å². The number of likely N-dealkylation sites (tertiary alicyclic amines) is 1. The summed E-state index contributed by atoms with van der Waals surface area (Å²) in [5.74, 6) is -0.906. The predicted molar refractivity (Wildman–Crippen MR) is 129 cm³/mol. The first-order chi connectivity index (χ1) is 15.9. The average molecular weight is 474 g/mol. The van der Waals surface area contributed by atoms with Gasteiger partial charge in [-0.2, -0.15) is 0 Å². The topological polar surface area (TPSA) is 81.7 Å². The van der Waals surface area contributed by atoms with E-state index in [-0.39, 0.29) is 31.6 Å². The van der Waals surface area contributed by atoms with E-state index in [0.29, 0.717) is 27.2 Å². The maximum atomic E-state index is 13.1. The van der Waals surface area contributed by atoms with Gasteiger partial charge in [-0.1, -0.05) is 18.2 Å². The highest BCUT2D eigenvalue weighted by Crippen LogP contribution is 2.29. The fraction of sp³-hybridized carbons (Fsp3) is 0.480. The molecular formula is C25H33N2O5S+. The first kappa shape index (κ1) is 24.9. The Kier molecular flexibility index (Phi) is 9.03. The van der Waals surface area contributed by atoms with Crippen LogP contribution in [0.25, 0.3) is 0 Å². The second kappa shape index (κ2) is 12.0. The third kappa shape index (κ3) is 6.88. The van der Waals surface area contributed by atoms with Crippen molar-refractivity contribution in [1.29, 1.82) is 0 Å². The number of hydrogen-bond acceptors (Lipinski definition) is 6. The Morgan fingerprint density at radius 3 is 2.36 bits per heavy atom. The van der Waals surface area contributed by atoms with Gasteiger partial charge in [0.2, 0.25) is 0 Å². The normalized spacial score (nSPS) is 15.3. The van der Waals surface area contributed by atoms with Crippen LogP contribution in [0.1, 0.15) is 58.2 Å². The minimum absolute atomic E-state index is 0.140. The molecule has 2 heterocycles. The van der Waals surface area contributed by atoms with E-state index in [0.717, 1.165) is 44.3 Å². The molecule has 1 aliphatic rings. The number of ether oxygens (including phenoxy) is 2. The summed E-state index contributed by atoms with van der Waals surface area (Å²) in [5, 5.41) is 4.81. The van der Waals surface area contributed by atoms with E-state index in [1.54, 1.807) is 31.2 Å². The van der Waals surface area contributed by atoms with Crippen LogP contribution in [0.2, 0.25) is 0 Å². The number of rotatable bonds is 9. The Morgan fingerprint density at radius 1 is 1.00 bits per heavy atom. The van der Waals surface area contributed by atoms with Crippen LogP contribution in [0.15, 0.2) is 35.7 Å². The Morgan fingerprint density at radius 2 is 1.70 bits per heavy atom. The molecule has 3 rings (SSSR count). The number of nitrogens with zero attached hydrogens (tertiary/aromatic N) is 1. The van der Waals surface area contributed by atoms with Crippen LogP contribution < -0.4 is 5.32 Å². The predicted octanol–water partition coefficient (Wildman–Crippen LogP) is 4.42. The number of amides is 1. The molecule has 1 aromatic carbocycles. The van der Waals surface area contributed by atoms with Crippen molar-refractivity contribution in [2.75, 3.05) is 44.7 Å². The Balaban J connectivity index is 1.66. The quantitative estimate of drug-likeness (QED) is 0.431. The molecular weight excluding hydrogens is 440 g/mol. The van der Waals surface area contributed by atoms with Crippen LogP contribution >= 0.6 is 11.3 Å². The van der Waals surface area contributed by atoms with Gasteiger partial charge in [0.25, 0.3) is 5.91 Å². The number of quaternary nitrogens is 1. The van der Waals surface area contributed by atoms with Crippen molar-refractivity contribution in [3.63, 3.8) is 0 Å². The highest BCUT2D eigenvalue weighted by molar-refractivity contribution is 7.12. The van der Waals surface area contributed by atoms with Crippen molar-refractivity contribution in [2.24, 2.45) is 0 Å². The maximum absolute atomic E-state index is 13.1. The Labute approximate surface area is 199 Å². The molecule has 1 amide bonds. The van der Waals surface area contributed by atoms with Crippen LogP contribution in [0.4, 0.5) is 5.69 Å². The standard InChI is InChI=1S/C25H32N2O5S/c1-3-31-25(30)23-22(19(2)18-33-23)26-21(28)17-27(13-9-4-5-10-14-27)15-16-32-24(29)20-11-7-6-8-12-20/h6-8,11-12,18H,3-5,9-10,13-17H2,1-2H3/p+1. The number of hydrogen-bond donors (Lipinski definition) is 1. The van der Waals surface area contributed by atoms with E-state index >= 15 is 0 Å². The fourth-order valence-corrected chi connectivity index (χ4v) is 5.14. The van der Waals surface area contributed by atoms with Gasteiger partial charge >= 0.3 is 11.9 Å². The highest BCUT2D eigenvalue weighted by Gasteiger charge is 2.32.